The van der Waals surface area contributed by atoms with Crippen molar-refractivity contribution in [2.45, 2.75) is 66.2 Å². The predicted octanol–water partition coefficient (Wildman–Crippen LogP) is 9.06. The zero-order valence-corrected chi connectivity index (χ0v) is 26.1. The average molecular weight is 691 g/mol. The number of thiophene rings is 1. The van der Waals surface area contributed by atoms with Crippen molar-refractivity contribution in [3.63, 3.8) is 0 Å². The van der Waals surface area contributed by atoms with E-state index in [4.69, 9.17) is 10.1 Å². The molecule has 2 aromatic heterocycles. The second-order valence-electron chi connectivity index (χ2n) is 11.2. The summed E-state index contributed by atoms with van der Waals surface area (Å²) in [5.41, 5.74) is 7.34. The first-order valence-electron chi connectivity index (χ1n) is 12.2. The third-order valence-corrected chi connectivity index (χ3v) is 6.86. The van der Waals surface area contributed by atoms with Crippen LogP contribution >= 0.6 is 11.3 Å². The molecular formula is C32H36IrNO2S-. The molecule has 4 rings (SSSR count). The van der Waals surface area contributed by atoms with Crippen LogP contribution in [0.5, 0.6) is 0 Å². The van der Waals surface area contributed by atoms with Gasteiger partial charge >= 0.3 is 0 Å². The van der Waals surface area contributed by atoms with E-state index in [2.05, 4.69) is 90.1 Å². The Kier molecular flexibility index (Phi) is 10.2. The number of ketones is 1. The van der Waals surface area contributed by atoms with Gasteiger partial charge in [0.25, 0.3) is 0 Å². The van der Waals surface area contributed by atoms with Crippen molar-refractivity contribution in [1.29, 1.82) is 0 Å². The summed E-state index contributed by atoms with van der Waals surface area (Å²) < 4.78 is 1.22. The Morgan fingerprint density at radius 2 is 1.54 bits per heavy atom. The number of hydrogen-bond donors (Lipinski definition) is 1. The summed E-state index contributed by atoms with van der Waals surface area (Å²) in [7, 11) is 0. The number of fused-ring (bicyclic) bond motifs is 1. The quantitative estimate of drug-likeness (QED) is 0.133. The van der Waals surface area contributed by atoms with Gasteiger partial charge in [-0.2, -0.15) is 0 Å². The van der Waals surface area contributed by atoms with E-state index in [9.17, 15) is 4.79 Å². The summed E-state index contributed by atoms with van der Waals surface area (Å²) in [6.45, 7) is 16.6. The minimum atomic E-state index is -0.125. The van der Waals surface area contributed by atoms with Gasteiger partial charge in [-0.3, -0.25) is 9.78 Å². The first kappa shape index (κ1) is 30.6. The summed E-state index contributed by atoms with van der Waals surface area (Å²) in [6, 6.07) is 24.9. The fraction of sp³-hybridized carbons (Fsp3) is 0.312. The number of pyridine rings is 1. The number of aromatic nitrogens is 1. The number of aliphatic hydroxyl groups is 1. The zero-order chi connectivity index (χ0) is 26.7. The van der Waals surface area contributed by atoms with E-state index in [1.807, 2.05) is 29.5 Å². The minimum Gasteiger partial charge on any atom is -0.512 e. The SMILES string of the molecule is CC(=O)/C=C(/C)O.CC(C)(C)c1cc(-c2cc3nc(-c4[c-]cccc4)ccc3s2)cc(C(C)(C)C)c1.[Ir]. The van der Waals surface area contributed by atoms with Crippen molar-refractivity contribution >= 4 is 27.3 Å². The van der Waals surface area contributed by atoms with Crippen molar-refractivity contribution < 1.29 is 30.0 Å². The van der Waals surface area contributed by atoms with Gasteiger partial charge in [0.05, 0.1) is 16.0 Å². The topological polar surface area (TPSA) is 50.2 Å². The Labute approximate surface area is 239 Å². The van der Waals surface area contributed by atoms with Gasteiger partial charge in [-0.1, -0.05) is 53.7 Å². The fourth-order valence-electron chi connectivity index (χ4n) is 3.70. The maximum absolute atomic E-state index is 10.0. The van der Waals surface area contributed by atoms with Crippen LogP contribution in [0, 0.1) is 6.07 Å². The summed E-state index contributed by atoms with van der Waals surface area (Å²) in [5.74, 6) is -0.0625. The number of rotatable bonds is 3. The van der Waals surface area contributed by atoms with Crippen LogP contribution in [0.1, 0.15) is 66.5 Å². The van der Waals surface area contributed by atoms with Crippen molar-refractivity contribution in [3.8, 4) is 21.7 Å². The predicted molar refractivity (Wildman–Crippen MR) is 154 cm³/mol. The van der Waals surface area contributed by atoms with E-state index in [0.29, 0.717) is 0 Å². The number of carbonyl (C=O) groups is 1. The molecule has 0 aliphatic carbocycles. The van der Waals surface area contributed by atoms with Gasteiger partial charge in [-0.05, 0) is 71.3 Å². The van der Waals surface area contributed by atoms with Crippen molar-refractivity contribution in [2.75, 3.05) is 0 Å². The van der Waals surface area contributed by atoms with Crippen LogP contribution in [0.4, 0.5) is 0 Å². The Balaban J connectivity index is 0.000000532. The standard InChI is InChI=1S/C27H28NS.C5H8O2.Ir/c1-26(2,3)20-14-19(15-21(16-20)27(4,5)6)25-17-23-24(29-25)13-12-22(28-23)18-10-8-7-9-11-18;1-4(6)3-5(2)7;/h7-10,12-17H,1-6H3;3,6H,1-2H3;/q-1;;/b;4-3-;. The molecule has 0 spiro atoms. The molecule has 1 radical (unpaired) electrons. The third-order valence-electron chi connectivity index (χ3n) is 5.72. The molecule has 0 aliphatic heterocycles. The smallest absolute Gasteiger partial charge is 0.155 e. The second-order valence-corrected chi connectivity index (χ2v) is 12.2. The summed E-state index contributed by atoms with van der Waals surface area (Å²) in [6.07, 6.45) is 1.17. The Morgan fingerprint density at radius 1 is 0.919 bits per heavy atom. The van der Waals surface area contributed by atoms with Gasteiger partial charge in [-0.25, -0.2) is 0 Å². The first-order valence-corrected chi connectivity index (χ1v) is 13.0. The molecule has 5 heteroatoms. The van der Waals surface area contributed by atoms with E-state index < -0.39 is 0 Å². The molecule has 0 bridgehead atoms. The van der Waals surface area contributed by atoms with E-state index in [0.717, 1.165) is 16.8 Å². The minimum absolute atomic E-state index is 0. The molecule has 4 aromatic rings. The number of aliphatic hydroxyl groups excluding tert-OH is 1. The van der Waals surface area contributed by atoms with E-state index in [1.54, 1.807) is 0 Å². The Bertz CT molecular complexity index is 1350. The molecule has 2 aromatic carbocycles. The molecule has 0 amide bonds. The third kappa shape index (κ3) is 8.46. The number of carbonyl (C=O) groups excluding carboxylic acids is 1. The molecule has 0 fully saturated rings. The Hall–Kier alpha value is -2.59. The molecule has 0 saturated carbocycles. The van der Waals surface area contributed by atoms with Crippen molar-refractivity contribution in [2.24, 2.45) is 0 Å². The molecule has 0 unspecified atom stereocenters. The molecule has 1 N–H and O–H groups in total. The molecule has 37 heavy (non-hydrogen) atoms. The van der Waals surface area contributed by atoms with Gasteiger partial charge < -0.3 is 5.11 Å². The first-order chi connectivity index (χ1) is 16.7. The van der Waals surface area contributed by atoms with E-state index in [-0.39, 0.29) is 42.5 Å². The molecule has 197 valence electrons. The van der Waals surface area contributed by atoms with Crippen LogP contribution in [-0.2, 0) is 35.7 Å². The van der Waals surface area contributed by atoms with Crippen molar-refractivity contribution in [1.82, 2.24) is 4.98 Å². The molecule has 0 aliphatic rings. The number of hydrogen-bond acceptors (Lipinski definition) is 4. The maximum atomic E-state index is 10.0. The normalized spacial score (nSPS) is 11.9. The van der Waals surface area contributed by atoms with Crippen LogP contribution in [0.2, 0.25) is 0 Å². The van der Waals surface area contributed by atoms with E-state index >= 15 is 0 Å². The fourth-order valence-corrected chi connectivity index (χ4v) is 4.69. The maximum Gasteiger partial charge on any atom is 0.155 e. The van der Waals surface area contributed by atoms with Crippen LogP contribution in [0.15, 0.2) is 72.5 Å². The van der Waals surface area contributed by atoms with Gasteiger partial charge in [0.15, 0.2) is 5.78 Å². The monoisotopic (exact) mass is 691 g/mol. The van der Waals surface area contributed by atoms with Crippen LogP contribution in [-0.4, -0.2) is 15.9 Å². The van der Waals surface area contributed by atoms with E-state index in [1.165, 1.54) is 46.2 Å². The van der Waals surface area contributed by atoms with Crippen molar-refractivity contribution in [3.05, 3.63) is 89.7 Å². The molecule has 2 heterocycles. The molecule has 3 nitrogen and oxygen atoms in total. The molecule has 0 saturated heterocycles. The zero-order valence-electron chi connectivity index (χ0n) is 22.9. The summed E-state index contributed by atoms with van der Waals surface area (Å²) in [4.78, 5) is 16.2. The van der Waals surface area contributed by atoms with Gasteiger partial charge in [0.2, 0.25) is 0 Å². The van der Waals surface area contributed by atoms with Gasteiger partial charge in [-0.15, -0.1) is 47.2 Å². The number of benzene rings is 2. The number of allylic oxidation sites excluding steroid dienone is 2. The summed E-state index contributed by atoms with van der Waals surface area (Å²) in [5, 5.41) is 8.36. The largest absolute Gasteiger partial charge is 0.512 e. The van der Waals surface area contributed by atoms with Crippen LogP contribution < -0.4 is 0 Å². The number of nitrogens with zero attached hydrogens (tertiary/aromatic N) is 1. The average Bonchev–Trinajstić information content (AvgIpc) is 3.21. The molecule has 0 atom stereocenters. The summed E-state index contributed by atoms with van der Waals surface area (Å²) >= 11 is 1.82. The Morgan fingerprint density at radius 3 is 2.00 bits per heavy atom. The molecular weight excluding hydrogens is 655 g/mol. The second kappa shape index (κ2) is 12.3. The van der Waals surface area contributed by atoms with Crippen LogP contribution in [0.25, 0.3) is 31.9 Å². The van der Waals surface area contributed by atoms with Crippen LogP contribution in [0.3, 0.4) is 0 Å². The van der Waals surface area contributed by atoms with Gasteiger partial charge in [0.1, 0.15) is 0 Å². The van der Waals surface area contributed by atoms with Gasteiger partial charge in [0, 0.05) is 31.1 Å².